The summed E-state index contributed by atoms with van der Waals surface area (Å²) < 4.78 is 18.9. The number of rotatable bonds is 2. The summed E-state index contributed by atoms with van der Waals surface area (Å²) in [6.45, 7) is 6.62. The van der Waals surface area contributed by atoms with Gasteiger partial charge in [-0.2, -0.15) is 0 Å². The van der Waals surface area contributed by atoms with Crippen LogP contribution in [0.5, 0.6) is 0 Å². The number of piperidine rings is 1. The predicted octanol–water partition coefficient (Wildman–Crippen LogP) is 2.66. The fourth-order valence-electron chi connectivity index (χ4n) is 2.94. The molecule has 25 heavy (non-hydrogen) atoms. The Morgan fingerprint density at radius 2 is 2.00 bits per heavy atom. The van der Waals surface area contributed by atoms with Crippen LogP contribution < -0.4 is 0 Å². The lowest BCUT2D eigenvalue weighted by Crippen LogP contribution is -2.57. The van der Waals surface area contributed by atoms with Gasteiger partial charge in [-0.1, -0.05) is 6.07 Å². The molecule has 0 saturated carbocycles. The summed E-state index contributed by atoms with van der Waals surface area (Å²) in [4.78, 5) is 24.7. The van der Waals surface area contributed by atoms with Crippen molar-refractivity contribution in [2.24, 2.45) is 5.41 Å². The van der Waals surface area contributed by atoms with Crippen LogP contribution in [-0.2, 0) is 15.1 Å². The molecular weight excluding hydrogens is 329 g/mol. The van der Waals surface area contributed by atoms with Crippen molar-refractivity contribution in [2.75, 3.05) is 13.1 Å². The fourth-order valence-corrected chi connectivity index (χ4v) is 2.94. The molecule has 2 N–H and O–H groups in total. The van der Waals surface area contributed by atoms with Crippen molar-refractivity contribution in [3.63, 3.8) is 0 Å². The summed E-state index contributed by atoms with van der Waals surface area (Å²) in [5, 5.41) is 20.5. The third-order valence-electron chi connectivity index (χ3n) is 4.47. The molecule has 1 aliphatic heterocycles. The number of carboxylic acid groups (broad SMARTS) is 1. The van der Waals surface area contributed by atoms with E-state index in [-0.39, 0.29) is 19.5 Å². The Morgan fingerprint density at radius 3 is 2.52 bits per heavy atom. The van der Waals surface area contributed by atoms with Gasteiger partial charge in [0.2, 0.25) is 0 Å². The largest absolute Gasteiger partial charge is 0.465 e. The molecule has 0 spiro atoms. The van der Waals surface area contributed by atoms with Gasteiger partial charge >= 0.3 is 12.1 Å². The Labute approximate surface area is 146 Å². The number of nitrogens with zero attached hydrogens (tertiary/aromatic N) is 1. The Hall–Kier alpha value is -2.15. The maximum Gasteiger partial charge on any atom is 0.407 e. The maximum absolute atomic E-state index is 13.4. The van der Waals surface area contributed by atoms with Crippen molar-refractivity contribution in [1.82, 2.24) is 4.90 Å². The summed E-state index contributed by atoms with van der Waals surface area (Å²) in [5.74, 6) is -0.973. The minimum Gasteiger partial charge on any atom is -0.465 e. The van der Waals surface area contributed by atoms with Crippen molar-refractivity contribution in [3.05, 3.63) is 35.1 Å². The molecule has 138 valence electrons. The Kier molecular flexibility index (Phi) is 5.09. The first-order valence-electron chi connectivity index (χ1n) is 8.13. The van der Waals surface area contributed by atoms with Gasteiger partial charge in [-0.25, -0.2) is 9.18 Å². The summed E-state index contributed by atoms with van der Waals surface area (Å²) in [5.41, 5.74) is -1.43. The highest BCUT2D eigenvalue weighted by atomic mass is 19.1. The van der Waals surface area contributed by atoms with E-state index in [1.165, 1.54) is 18.2 Å². The second-order valence-electron chi connectivity index (χ2n) is 7.51. The van der Waals surface area contributed by atoms with Crippen LogP contribution in [-0.4, -0.2) is 46.4 Å². The van der Waals surface area contributed by atoms with Crippen LogP contribution in [0.4, 0.5) is 9.18 Å². The highest BCUT2D eigenvalue weighted by Gasteiger charge is 2.48. The van der Waals surface area contributed by atoms with Crippen LogP contribution in [0.1, 0.15) is 38.3 Å². The van der Waals surface area contributed by atoms with Crippen molar-refractivity contribution in [1.29, 1.82) is 0 Å². The van der Waals surface area contributed by atoms with Gasteiger partial charge < -0.3 is 19.8 Å². The molecule has 1 aromatic carbocycles. The van der Waals surface area contributed by atoms with E-state index in [4.69, 9.17) is 4.74 Å². The van der Waals surface area contributed by atoms with Crippen LogP contribution in [0.2, 0.25) is 0 Å². The number of halogens is 1. The van der Waals surface area contributed by atoms with Gasteiger partial charge in [-0.05, 0) is 51.0 Å². The molecule has 0 bridgehead atoms. The molecule has 0 unspecified atom stereocenters. The lowest BCUT2D eigenvalue weighted by Gasteiger charge is -2.44. The van der Waals surface area contributed by atoms with Gasteiger partial charge in [0.05, 0.1) is 12.0 Å². The minimum atomic E-state index is -1.58. The molecule has 6 nitrogen and oxygen atoms in total. The molecule has 0 aliphatic carbocycles. The van der Waals surface area contributed by atoms with Gasteiger partial charge in [-0.15, -0.1) is 0 Å². The number of benzene rings is 1. The molecule has 0 radical (unpaired) electrons. The zero-order valence-corrected chi connectivity index (χ0v) is 14.9. The molecule has 7 heteroatoms. The third-order valence-corrected chi connectivity index (χ3v) is 4.47. The minimum absolute atomic E-state index is 0.0495. The Morgan fingerprint density at radius 1 is 1.36 bits per heavy atom. The third kappa shape index (κ3) is 3.92. The highest BCUT2D eigenvalue weighted by molar-refractivity contribution is 5.75. The molecule has 1 aromatic rings. The number of likely N-dealkylation sites (tertiary alicyclic amines) is 1. The van der Waals surface area contributed by atoms with E-state index in [1.807, 2.05) is 0 Å². The highest BCUT2D eigenvalue weighted by Crippen LogP contribution is 2.38. The normalized spacial score (nSPS) is 24.1. The number of hydrogen-bond acceptors (Lipinski definition) is 4. The number of ether oxygens (including phenoxy) is 1. The topological polar surface area (TPSA) is 87.1 Å². The first-order chi connectivity index (χ1) is 11.4. The summed E-state index contributed by atoms with van der Waals surface area (Å²) in [6, 6.07) is 3.98. The molecule has 2 rings (SSSR count). The molecule has 2 atom stereocenters. The second-order valence-corrected chi connectivity index (χ2v) is 7.51. The van der Waals surface area contributed by atoms with Crippen molar-refractivity contribution >= 4 is 12.1 Å². The van der Waals surface area contributed by atoms with Crippen molar-refractivity contribution in [3.8, 4) is 0 Å². The maximum atomic E-state index is 13.4. The smallest absolute Gasteiger partial charge is 0.407 e. The number of esters is 1. The zero-order chi connectivity index (χ0) is 19.0. The lowest BCUT2D eigenvalue weighted by molar-refractivity contribution is -0.185. The van der Waals surface area contributed by atoms with Crippen LogP contribution >= 0.6 is 0 Å². The van der Waals surface area contributed by atoms with E-state index in [1.54, 1.807) is 27.7 Å². The van der Waals surface area contributed by atoms with Gasteiger partial charge in [-0.3, -0.25) is 4.79 Å². The SMILES string of the molecule is Cc1cc(F)ccc1[C@@]1(O)CCN(C(=O)O)C[C@@H]1OC(=O)C(C)(C)C. The number of amides is 1. The molecule has 0 aromatic heterocycles. The van der Waals surface area contributed by atoms with Gasteiger partial charge in [0.1, 0.15) is 11.4 Å². The Balaban J connectivity index is 2.41. The second kappa shape index (κ2) is 6.63. The summed E-state index contributed by atoms with van der Waals surface area (Å²) >= 11 is 0. The number of aryl methyl sites for hydroxylation is 1. The van der Waals surface area contributed by atoms with Crippen molar-refractivity contribution in [2.45, 2.75) is 45.8 Å². The average Bonchev–Trinajstić information content (AvgIpc) is 2.47. The lowest BCUT2D eigenvalue weighted by atomic mass is 9.80. The van der Waals surface area contributed by atoms with Crippen LogP contribution in [0.25, 0.3) is 0 Å². The predicted molar refractivity (Wildman–Crippen MR) is 88.6 cm³/mol. The molecular formula is C18H24FNO5. The first kappa shape index (κ1) is 19.2. The van der Waals surface area contributed by atoms with E-state index in [9.17, 15) is 24.2 Å². The monoisotopic (exact) mass is 353 g/mol. The van der Waals surface area contributed by atoms with E-state index in [0.717, 1.165) is 4.90 Å². The van der Waals surface area contributed by atoms with E-state index in [0.29, 0.717) is 11.1 Å². The molecule has 1 aliphatic rings. The Bertz CT molecular complexity index is 685. The number of carbonyl (C=O) groups is 2. The fraction of sp³-hybridized carbons (Fsp3) is 0.556. The summed E-state index contributed by atoms with van der Waals surface area (Å²) in [7, 11) is 0. The summed E-state index contributed by atoms with van der Waals surface area (Å²) in [6.07, 6.45) is -2.17. The first-order valence-corrected chi connectivity index (χ1v) is 8.13. The van der Waals surface area contributed by atoms with Gasteiger partial charge in [0.25, 0.3) is 0 Å². The number of carbonyl (C=O) groups excluding carboxylic acids is 1. The van der Waals surface area contributed by atoms with E-state index >= 15 is 0 Å². The van der Waals surface area contributed by atoms with Crippen molar-refractivity contribution < 1.29 is 28.9 Å². The number of hydrogen-bond donors (Lipinski definition) is 2. The van der Waals surface area contributed by atoms with Gasteiger partial charge in [0, 0.05) is 13.0 Å². The van der Waals surface area contributed by atoms with Gasteiger partial charge in [0.15, 0.2) is 6.10 Å². The van der Waals surface area contributed by atoms with E-state index in [2.05, 4.69) is 0 Å². The zero-order valence-electron chi connectivity index (χ0n) is 14.9. The molecule has 1 amide bonds. The van der Waals surface area contributed by atoms with Crippen LogP contribution in [0, 0.1) is 18.2 Å². The molecule has 1 saturated heterocycles. The molecule has 1 fully saturated rings. The van der Waals surface area contributed by atoms with Crippen LogP contribution in [0.3, 0.4) is 0 Å². The standard InChI is InChI=1S/C18H24FNO5/c1-11-9-12(19)5-6-13(11)18(24)7-8-20(16(22)23)10-14(18)25-15(21)17(2,3)4/h5-6,9,14,24H,7-8,10H2,1-4H3,(H,22,23)/t14-,18-/m0/s1. The average molecular weight is 353 g/mol. The van der Waals surface area contributed by atoms with Crippen LogP contribution in [0.15, 0.2) is 18.2 Å². The molecule has 1 heterocycles. The number of aliphatic hydroxyl groups is 1. The quantitative estimate of drug-likeness (QED) is 0.798. The van der Waals surface area contributed by atoms with E-state index < -0.39 is 35.0 Å².